The highest BCUT2D eigenvalue weighted by molar-refractivity contribution is 7.80. The number of carboxylic acid groups (broad SMARTS) is 1. The first-order chi connectivity index (χ1) is 13.9. The Bertz CT molecular complexity index is 604. The van der Waals surface area contributed by atoms with Crippen molar-refractivity contribution in [3.05, 3.63) is 0 Å². The molecule has 0 radical (unpaired) electrons. The molecular formula is C19H36N4O6S. The molecule has 0 saturated carbocycles. The first kappa shape index (κ1) is 28.1. The fourth-order valence-electron chi connectivity index (χ4n) is 2.56. The molecule has 0 aromatic heterocycles. The molecule has 0 spiro atoms. The third-order valence-corrected chi connectivity index (χ3v) is 5.57. The largest absolute Gasteiger partial charge is 0.480 e. The first-order valence-electron chi connectivity index (χ1n) is 10.1. The number of hydrogen-bond acceptors (Lipinski definition) is 7. The van der Waals surface area contributed by atoms with Crippen LogP contribution in [0.2, 0.25) is 0 Å². The molecule has 0 aliphatic carbocycles. The van der Waals surface area contributed by atoms with Gasteiger partial charge in [0.25, 0.3) is 0 Å². The molecule has 10 nitrogen and oxygen atoms in total. The number of aliphatic hydroxyl groups is 1. The molecule has 0 aliphatic rings. The molecule has 0 bridgehead atoms. The Labute approximate surface area is 183 Å². The molecule has 7 unspecified atom stereocenters. The number of carbonyl (C=O) groups excluding carboxylic acids is 3. The van der Waals surface area contributed by atoms with E-state index in [1.807, 2.05) is 13.8 Å². The number of nitrogens with two attached hydrogens (primary N) is 1. The van der Waals surface area contributed by atoms with Gasteiger partial charge in [0.1, 0.15) is 24.2 Å². The standard InChI is InChI=1S/C19H36N4O6S/c1-6-9(3)14(17(26)21-12(8-30)19(28)29)23-18(27)15(10(4)7-2)22-16(25)13(20)11(5)24/h9-15,24,30H,6-8,20H2,1-5H3,(H,21,26)(H,22,25)(H,23,27)(H,28,29). The topological polar surface area (TPSA) is 171 Å². The van der Waals surface area contributed by atoms with Crippen LogP contribution in [0.1, 0.15) is 47.5 Å². The number of hydrogen-bond donors (Lipinski definition) is 7. The number of rotatable bonds is 13. The van der Waals surface area contributed by atoms with Gasteiger partial charge in [-0.25, -0.2) is 4.79 Å². The summed E-state index contributed by atoms with van der Waals surface area (Å²) in [6.45, 7) is 8.56. The number of amides is 3. The summed E-state index contributed by atoms with van der Waals surface area (Å²) < 4.78 is 0. The van der Waals surface area contributed by atoms with Crippen LogP contribution in [0.25, 0.3) is 0 Å². The molecular weight excluding hydrogens is 412 g/mol. The van der Waals surface area contributed by atoms with Crippen molar-refractivity contribution in [1.29, 1.82) is 0 Å². The predicted octanol–water partition coefficient (Wildman–Crippen LogP) is -0.744. The highest BCUT2D eigenvalue weighted by Gasteiger charge is 2.34. The van der Waals surface area contributed by atoms with Crippen molar-refractivity contribution in [1.82, 2.24) is 16.0 Å². The minimum Gasteiger partial charge on any atom is -0.480 e. The van der Waals surface area contributed by atoms with Gasteiger partial charge >= 0.3 is 5.97 Å². The quantitative estimate of drug-likeness (QED) is 0.182. The zero-order chi connectivity index (χ0) is 23.6. The van der Waals surface area contributed by atoms with Gasteiger partial charge in [0.2, 0.25) is 17.7 Å². The van der Waals surface area contributed by atoms with Gasteiger partial charge in [0.05, 0.1) is 6.10 Å². The molecule has 30 heavy (non-hydrogen) atoms. The number of carbonyl (C=O) groups is 4. The summed E-state index contributed by atoms with van der Waals surface area (Å²) in [6.07, 6.45) is 0.00598. The van der Waals surface area contributed by atoms with Crippen molar-refractivity contribution in [2.24, 2.45) is 17.6 Å². The molecule has 0 heterocycles. The van der Waals surface area contributed by atoms with E-state index in [9.17, 15) is 24.3 Å². The fourth-order valence-corrected chi connectivity index (χ4v) is 2.81. The Morgan fingerprint density at radius 2 is 1.27 bits per heavy atom. The van der Waals surface area contributed by atoms with Crippen molar-refractivity contribution < 1.29 is 29.4 Å². The van der Waals surface area contributed by atoms with Gasteiger partial charge < -0.3 is 31.9 Å². The van der Waals surface area contributed by atoms with E-state index >= 15 is 0 Å². The van der Waals surface area contributed by atoms with Crippen molar-refractivity contribution >= 4 is 36.3 Å². The summed E-state index contributed by atoms with van der Waals surface area (Å²) in [5, 5.41) is 26.2. The highest BCUT2D eigenvalue weighted by atomic mass is 32.1. The highest BCUT2D eigenvalue weighted by Crippen LogP contribution is 2.13. The SMILES string of the molecule is CCC(C)C(NC(=O)C(N)C(C)O)C(=O)NC(C(=O)NC(CS)C(=O)O)C(C)CC. The maximum absolute atomic E-state index is 13.0. The smallest absolute Gasteiger partial charge is 0.327 e. The van der Waals surface area contributed by atoms with Gasteiger partial charge in [-0.05, 0) is 18.8 Å². The van der Waals surface area contributed by atoms with E-state index in [1.54, 1.807) is 13.8 Å². The van der Waals surface area contributed by atoms with Crippen LogP contribution in [0.15, 0.2) is 0 Å². The Morgan fingerprint density at radius 3 is 1.60 bits per heavy atom. The summed E-state index contributed by atoms with van der Waals surface area (Å²) >= 11 is 3.93. The molecule has 0 aromatic rings. The third kappa shape index (κ3) is 8.49. The van der Waals surface area contributed by atoms with Crippen molar-refractivity contribution in [3.8, 4) is 0 Å². The summed E-state index contributed by atoms with van der Waals surface area (Å²) in [5.41, 5.74) is 5.65. The van der Waals surface area contributed by atoms with Crippen LogP contribution < -0.4 is 21.7 Å². The minimum absolute atomic E-state index is 0.106. The van der Waals surface area contributed by atoms with Crippen molar-refractivity contribution in [3.63, 3.8) is 0 Å². The van der Waals surface area contributed by atoms with Gasteiger partial charge in [-0.2, -0.15) is 12.6 Å². The van der Waals surface area contributed by atoms with E-state index in [0.717, 1.165) is 0 Å². The van der Waals surface area contributed by atoms with Gasteiger partial charge in [0, 0.05) is 5.75 Å². The molecule has 0 aromatic carbocycles. The van der Waals surface area contributed by atoms with E-state index in [1.165, 1.54) is 6.92 Å². The van der Waals surface area contributed by atoms with Crippen LogP contribution in [0, 0.1) is 11.8 Å². The lowest BCUT2D eigenvalue weighted by Crippen LogP contribution is -2.60. The fraction of sp³-hybridized carbons (Fsp3) is 0.789. The van der Waals surface area contributed by atoms with Crippen molar-refractivity contribution in [2.75, 3.05) is 5.75 Å². The second-order valence-corrected chi connectivity index (χ2v) is 7.96. The molecule has 3 amide bonds. The van der Waals surface area contributed by atoms with Crippen LogP contribution >= 0.6 is 12.6 Å². The second-order valence-electron chi connectivity index (χ2n) is 7.59. The Balaban J connectivity index is 5.55. The summed E-state index contributed by atoms with van der Waals surface area (Å²) in [5.74, 6) is -3.83. The predicted molar refractivity (Wildman–Crippen MR) is 116 cm³/mol. The summed E-state index contributed by atoms with van der Waals surface area (Å²) in [6, 6.07) is -4.38. The van der Waals surface area contributed by atoms with E-state index in [0.29, 0.717) is 12.8 Å². The summed E-state index contributed by atoms with van der Waals surface area (Å²) in [7, 11) is 0. The lowest BCUT2D eigenvalue weighted by atomic mass is 9.94. The number of nitrogens with one attached hydrogen (secondary N) is 3. The van der Waals surface area contributed by atoms with Crippen LogP contribution in [0.4, 0.5) is 0 Å². The third-order valence-electron chi connectivity index (χ3n) is 5.21. The van der Waals surface area contributed by atoms with Crippen molar-refractivity contribution in [2.45, 2.75) is 77.7 Å². The molecule has 0 aliphatic heterocycles. The molecule has 7 N–H and O–H groups in total. The van der Waals surface area contributed by atoms with Crippen LogP contribution in [-0.2, 0) is 19.2 Å². The number of aliphatic carboxylic acids is 1. The van der Waals surface area contributed by atoms with E-state index in [2.05, 4.69) is 28.6 Å². The monoisotopic (exact) mass is 448 g/mol. The molecule has 11 heteroatoms. The maximum Gasteiger partial charge on any atom is 0.327 e. The lowest BCUT2D eigenvalue weighted by Gasteiger charge is -2.30. The van der Waals surface area contributed by atoms with Gasteiger partial charge in [0.15, 0.2) is 0 Å². The molecule has 0 rings (SSSR count). The van der Waals surface area contributed by atoms with Crippen LogP contribution in [0.3, 0.4) is 0 Å². The second kappa shape index (κ2) is 13.5. The zero-order valence-electron chi connectivity index (χ0n) is 18.2. The van der Waals surface area contributed by atoms with Crippen LogP contribution in [-0.4, -0.2) is 69.9 Å². The molecule has 0 fully saturated rings. The zero-order valence-corrected chi connectivity index (χ0v) is 19.1. The van der Waals surface area contributed by atoms with Gasteiger partial charge in [-0.15, -0.1) is 0 Å². The Kier molecular flexibility index (Phi) is 12.6. The molecule has 174 valence electrons. The maximum atomic E-state index is 13.0. The Hall–Kier alpha value is -1.85. The normalized spacial score (nSPS) is 18.1. The number of carboxylic acids is 1. The average Bonchev–Trinajstić information content (AvgIpc) is 2.71. The first-order valence-corrected chi connectivity index (χ1v) is 10.7. The van der Waals surface area contributed by atoms with E-state index in [-0.39, 0.29) is 17.6 Å². The molecule has 7 atom stereocenters. The Morgan fingerprint density at radius 1 is 0.867 bits per heavy atom. The van der Waals surface area contributed by atoms with Crippen LogP contribution in [0.5, 0.6) is 0 Å². The average molecular weight is 449 g/mol. The number of aliphatic hydroxyl groups excluding tert-OH is 1. The van der Waals surface area contributed by atoms with Gasteiger partial charge in [-0.1, -0.05) is 40.5 Å². The van der Waals surface area contributed by atoms with Gasteiger partial charge in [-0.3, -0.25) is 14.4 Å². The summed E-state index contributed by atoms with van der Waals surface area (Å²) in [4.78, 5) is 49.1. The van der Waals surface area contributed by atoms with E-state index in [4.69, 9.17) is 10.8 Å². The molecule has 0 saturated heterocycles. The minimum atomic E-state index is -1.23. The number of thiol groups is 1. The van der Waals surface area contributed by atoms with E-state index < -0.39 is 54.0 Å². The lowest BCUT2D eigenvalue weighted by molar-refractivity contribution is -0.142.